The van der Waals surface area contributed by atoms with E-state index in [0.29, 0.717) is 0 Å². The van der Waals surface area contributed by atoms with Crippen molar-refractivity contribution in [2.75, 3.05) is 0 Å². The van der Waals surface area contributed by atoms with Crippen molar-refractivity contribution in [1.82, 2.24) is 0 Å². The number of rotatable bonds is 68. The van der Waals surface area contributed by atoms with Crippen LogP contribution in [-0.2, 0) is 12.8 Å². The third-order valence-corrected chi connectivity index (χ3v) is 18.2. The van der Waals surface area contributed by atoms with Crippen molar-refractivity contribution in [3.8, 4) is 0 Å². The third kappa shape index (κ3) is 60.9. The second-order valence-electron chi connectivity index (χ2n) is 25.9. The van der Waals surface area contributed by atoms with Crippen molar-refractivity contribution in [2.24, 2.45) is 0 Å². The topological polar surface area (TPSA) is 0 Å². The normalized spacial score (nSPS) is 11.7. The Morgan fingerprint density at radius 3 is 0.329 bits per heavy atom. The average molecular weight is 1060 g/mol. The fraction of sp³-hybridized carbons (Fsp3) is 0.921. The molecule has 0 aromatic heterocycles. The molecule has 0 unspecified atom stereocenters. The number of aryl methyl sites for hydroxylation is 2. The van der Waals surface area contributed by atoms with Gasteiger partial charge in [0.15, 0.2) is 0 Å². The van der Waals surface area contributed by atoms with Crippen LogP contribution in [0.15, 0.2) is 24.3 Å². The molecular weight excluding hydrogens is 913 g/mol. The summed E-state index contributed by atoms with van der Waals surface area (Å²) in [6, 6.07) is 9.73. The molecule has 1 rings (SSSR count). The summed E-state index contributed by atoms with van der Waals surface area (Å²) in [6.07, 6.45) is 99.9. The zero-order valence-corrected chi connectivity index (χ0v) is 53.4. The van der Waals surface area contributed by atoms with Crippen molar-refractivity contribution in [1.29, 1.82) is 0 Å². The fourth-order valence-corrected chi connectivity index (χ4v) is 12.6. The molecule has 0 N–H and O–H groups in total. The van der Waals surface area contributed by atoms with E-state index in [1.54, 1.807) is 11.1 Å². The number of unbranched alkanes of at least 4 members (excludes halogenated alkanes) is 64. The summed E-state index contributed by atoms with van der Waals surface area (Å²) in [5.41, 5.74) is 3.12. The Kier molecular flexibility index (Phi) is 64.3. The lowest BCUT2D eigenvalue weighted by molar-refractivity contribution is 0.511. The van der Waals surface area contributed by atoms with E-state index in [4.69, 9.17) is 0 Å². The van der Waals surface area contributed by atoms with Gasteiger partial charge < -0.3 is 0 Å². The van der Waals surface area contributed by atoms with Gasteiger partial charge in [0.05, 0.1) is 0 Å². The summed E-state index contributed by atoms with van der Waals surface area (Å²) in [5.74, 6) is 0. The molecule has 0 atom stereocenters. The Morgan fingerprint density at radius 2 is 0.224 bits per heavy atom. The Labute approximate surface area is 483 Å². The molecule has 0 aliphatic rings. The van der Waals surface area contributed by atoms with Crippen LogP contribution in [0.4, 0.5) is 0 Å². The van der Waals surface area contributed by atoms with E-state index in [-0.39, 0.29) is 0 Å². The van der Waals surface area contributed by atoms with Gasteiger partial charge in [-0.15, -0.1) is 0 Å². The minimum atomic E-state index is 1.28. The molecule has 0 amide bonds. The summed E-state index contributed by atoms with van der Waals surface area (Å²) < 4.78 is 0. The van der Waals surface area contributed by atoms with Crippen LogP contribution in [0.1, 0.15) is 449 Å². The molecule has 0 spiro atoms. The largest absolute Gasteiger partial charge is 0.0654 e. The lowest BCUT2D eigenvalue weighted by Crippen LogP contribution is -1.90. The molecule has 450 valence electrons. The van der Waals surface area contributed by atoms with Gasteiger partial charge in [0.25, 0.3) is 0 Å². The van der Waals surface area contributed by atoms with Crippen molar-refractivity contribution in [3.63, 3.8) is 0 Å². The predicted molar refractivity (Wildman–Crippen MR) is 350 cm³/mol. The molecule has 0 bridgehead atoms. The van der Waals surface area contributed by atoms with Gasteiger partial charge in [0, 0.05) is 0 Å². The second kappa shape index (κ2) is 66.7. The Morgan fingerprint density at radius 1 is 0.132 bits per heavy atom. The quantitative estimate of drug-likeness (QED) is 0.0571. The van der Waals surface area contributed by atoms with E-state index in [1.807, 2.05) is 0 Å². The minimum absolute atomic E-state index is 1.28. The van der Waals surface area contributed by atoms with E-state index in [0.717, 1.165) is 0 Å². The highest BCUT2D eigenvalue weighted by atomic mass is 14.1. The van der Waals surface area contributed by atoms with Gasteiger partial charge >= 0.3 is 0 Å². The Balaban J connectivity index is 1.69. The fourth-order valence-electron chi connectivity index (χ4n) is 12.6. The van der Waals surface area contributed by atoms with Crippen LogP contribution < -0.4 is 0 Å². The van der Waals surface area contributed by atoms with Gasteiger partial charge in [-0.3, -0.25) is 0 Å². The number of hydrogen-bond donors (Lipinski definition) is 0. The minimum Gasteiger partial charge on any atom is -0.0654 e. The SMILES string of the molecule is CCCCCCCCCCCCCCCCCCCCCCCCCCCCCCCCCCCc1ccc(CCCCCCCCCCCCCCCCCCCCCCCCCCCCCCCCCCC)cc1. The maximum Gasteiger partial charge on any atom is -0.0279 e. The van der Waals surface area contributed by atoms with Crippen molar-refractivity contribution >= 4 is 0 Å². The molecule has 0 radical (unpaired) electrons. The van der Waals surface area contributed by atoms with Crippen LogP contribution >= 0.6 is 0 Å². The Hall–Kier alpha value is -0.780. The second-order valence-corrected chi connectivity index (χ2v) is 25.9. The monoisotopic (exact) mass is 1060 g/mol. The van der Waals surface area contributed by atoms with Gasteiger partial charge in [0.2, 0.25) is 0 Å². The number of hydrogen-bond acceptors (Lipinski definition) is 0. The van der Waals surface area contributed by atoms with Gasteiger partial charge in [-0.25, -0.2) is 0 Å². The van der Waals surface area contributed by atoms with Crippen LogP contribution in [0, 0.1) is 0 Å². The summed E-state index contributed by atoms with van der Waals surface area (Å²) in [6.45, 7) is 4.63. The molecule has 0 aliphatic carbocycles. The van der Waals surface area contributed by atoms with Gasteiger partial charge in [-0.05, 0) is 36.8 Å². The van der Waals surface area contributed by atoms with Crippen LogP contribution in [0.3, 0.4) is 0 Å². The third-order valence-electron chi connectivity index (χ3n) is 18.2. The maximum absolute atomic E-state index is 2.43. The molecule has 0 heteroatoms. The maximum atomic E-state index is 2.43. The molecule has 1 aromatic rings. The predicted octanol–water partition coefficient (Wildman–Crippen LogP) is 28.6. The smallest absolute Gasteiger partial charge is 0.0279 e. The first-order valence-electron chi connectivity index (χ1n) is 36.9. The number of benzene rings is 1. The molecule has 0 saturated carbocycles. The first-order valence-corrected chi connectivity index (χ1v) is 36.9. The molecular formula is C76H146. The Bertz CT molecular complexity index is 1040. The van der Waals surface area contributed by atoms with E-state index in [1.165, 1.54) is 437 Å². The highest BCUT2D eigenvalue weighted by molar-refractivity contribution is 5.22. The first-order chi connectivity index (χ1) is 37.9. The lowest BCUT2D eigenvalue weighted by Gasteiger charge is -2.06. The molecule has 76 heavy (non-hydrogen) atoms. The molecule has 0 fully saturated rings. The highest BCUT2D eigenvalue weighted by Crippen LogP contribution is 2.21. The molecule has 0 heterocycles. The van der Waals surface area contributed by atoms with Crippen molar-refractivity contribution < 1.29 is 0 Å². The summed E-state index contributed by atoms with van der Waals surface area (Å²) in [4.78, 5) is 0. The van der Waals surface area contributed by atoms with Gasteiger partial charge in [0.1, 0.15) is 0 Å². The van der Waals surface area contributed by atoms with Crippen molar-refractivity contribution in [2.45, 2.75) is 450 Å². The van der Waals surface area contributed by atoms with Crippen molar-refractivity contribution in [3.05, 3.63) is 35.4 Å². The molecule has 0 nitrogen and oxygen atoms in total. The van der Waals surface area contributed by atoms with E-state index in [2.05, 4.69) is 38.1 Å². The lowest BCUT2D eigenvalue weighted by atomic mass is 10.0. The molecule has 1 aromatic carbocycles. The highest BCUT2D eigenvalue weighted by Gasteiger charge is 2.02. The van der Waals surface area contributed by atoms with Crippen LogP contribution in [0.2, 0.25) is 0 Å². The van der Waals surface area contributed by atoms with Crippen LogP contribution in [0.25, 0.3) is 0 Å². The zero-order valence-electron chi connectivity index (χ0n) is 53.4. The van der Waals surface area contributed by atoms with E-state index < -0.39 is 0 Å². The summed E-state index contributed by atoms with van der Waals surface area (Å²) >= 11 is 0. The molecule has 0 saturated heterocycles. The standard InChI is InChI=1S/C76H146/c1-3-5-7-9-11-13-15-17-19-21-23-25-27-29-31-33-35-37-39-41-43-45-47-49-51-53-55-57-59-61-63-65-67-69-75-71-73-76(74-72-75)70-68-66-64-62-60-58-56-54-52-50-48-46-44-42-40-38-36-34-32-30-28-26-24-22-20-18-16-14-12-10-8-6-4-2/h71-74H,3-70H2,1-2H3. The first kappa shape index (κ1) is 73.2. The molecule has 0 aliphatic heterocycles. The van der Waals surface area contributed by atoms with Crippen LogP contribution in [0.5, 0.6) is 0 Å². The average Bonchev–Trinajstić information content (AvgIpc) is 3.43. The zero-order chi connectivity index (χ0) is 54.1. The van der Waals surface area contributed by atoms with E-state index >= 15 is 0 Å². The summed E-state index contributed by atoms with van der Waals surface area (Å²) in [5, 5.41) is 0. The van der Waals surface area contributed by atoms with E-state index in [9.17, 15) is 0 Å². The van der Waals surface area contributed by atoms with Gasteiger partial charge in [-0.1, -0.05) is 449 Å². The van der Waals surface area contributed by atoms with Gasteiger partial charge in [-0.2, -0.15) is 0 Å². The van der Waals surface area contributed by atoms with Crippen LogP contribution in [-0.4, -0.2) is 0 Å². The summed E-state index contributed by atoms with van der Waals surface area (Å²) in [7, 11) is 0.